The van der Waals surface area contributed by atoms with Gasteiger partial charge in [0.2, 0.25) is 0 Å². The Bertz CT molecular complexity index is 419. The van der Waals surface area contributed by atoms with E-state index in [-0.39, 0.29) is 12.1 Å². The maximum atomic E-state index is 12.1. The van der Waals surface area contributed by atoms with Crippen LogP contribution in [-0.2, 0) is 4.74 Å². The highest BCUT2D eigenvalue weighted by Crippen LogP contribution is 2.16. The second kappa shape index (κ2) is 6.43. The molecule has 1 aliphatic rings. The number of carbonyl (C=O) groups excluding carboxylic acids is 1. The molecule has 1 aromatic rings. The molecule has 0 radical (unpaired) electrons. The van der Waals surface area contributed by atoms with Crippen molar-refractivity contribution in [2.75, 3.05) is 32.1 Å². The number of urea groups is 1. The summed E-state index contributed by atoms with van der Waals surface area (Å²) in [5.74, 6) is 0.774. The molecule has 1 saturated heterocycles. The van der Waals surface area contributed by atoms with Crippen LogP contribution in [0.15, 0.2) is 24.3 Å². The Morgan fingerprint density at radius 3 is 2.84 bits per heavy atom. The smallest absolute Gasteiger partial charge is 0.322 e. The van der Waals surface area contributed by atoms with E-state index in [0.29, 0.717) is 19.7 Å². The molecule has 0 spiro atoms. The molecule has 5 heteroatoms. The van der Waals surface area contributed by atoms with Crippen molar-refractivity contribution in [1.29, 1.82) is 0 Å². The average Bonchev–Trinajstić information content (AvgIpc) is 2.48. The zero-order valence-electron chi connectivity index (χ0n) is 11.4. The van der Waals surface area contributed by atoms with Gasteiger partial charge in [-0.3, -0.25) is 0 Å². The molecule has 1 atom stereocenters. The summed E-state index contributed by atoms with van der Waals surface area (Å²) in [4.78, 5) is 13.9. The maximum Gasteiger partial charge on any atom is 0.322 e. The Kier molecular flexibility index (Phi) is 4.63. The normalized spacial score (nSPS) is 19.1. The molecule has 0 aliphatic carbocycles. The van der Waals surface area contributed by atoms with E-state index >= 15 is 0 Å². The standard InChI is InChI=1S/C14H20N2O3/c1-3-12-10-16(8-9-19-12)14(17)15-11-4-6-13(18-2)7-5-11/h4-7,12H,3,8-10H2,1-2H3,(H,15,17). The van der Waals surface area contributed by atoms with Crippen molar-refractivity contribution in [3.63, 3.8) is 0 Å². The SMILES string of the molecule is CCC1CN(C(=O)Nc2ccc(OC)cc2)CCO1. The van der Waals surface area contributed by atoms with Crippen LogP contribution in [-0.4, -0.2) is 43.8 Å². The van der Waals surface area contributed by atoms with Crippen LogP contribution in [0, 0.1) is 0 Å². The van der Waals surface area contributed by atoms with Crippen LogP contribution in [0.5, 0.6) is 5.75 Å². The number of anilines is 1. The first-order chi connectivity index (χ1) is 9.22. The molecule has 1 N–H and O–H groups in total. The maximum absolute atomic E-state index is 12.1. The largest absolute Gasteiger partial charge is 0.497 e. The third-order valence-electron chi connectivity index (χ3n) is 3.22. The summed E-state index contributed by atoms with van der Waals surface area (Å²) in [7, 11) is 1.62. The van der Waals surface area contributed by atoms with Crippen LogP contribution in [0.25, 0.3) is 0 Å². The molecule has 19 heavy (non-hydrogen) atoms. The van der Waals surface area contributed by atoms with Crippen molar-refractivity contribution in [1.82, 2.24) is 4.90 Å². The zero-order chi connectivity index (χ0) is 13.7. The van der Waals surface area contributed by atoms with Crippen LogP contribution >= 0.6 is 0 Å². The van der Waals surface area contributed by atoms with Gasteiger partial charge in [0.1, 0.15) is 5.75 Å². The van der Waals surface area contributed by atoms with Gasteiger partial charge < -0.3 is 19.7 Å². The highest BCUT2D eigenvalue weighted by atomic mass is 16.5. The number of nitrogens with zero attached hydrogens (tertiary/aromatic N) is 1. The van der Waals surface area contributed by atoms with E-state index in [1.54, 1.807) is 12.0 Å². The lowest BCUT2D eigenvalue weighted by Crippen LogP contribution is -2.47. The number of benzene rings is 1. The number of hydrogen-bond donors (Lipinski definition) is 1. The number of amides is 2. The zero-order valence-corrected chi connectivity index (χ0v) is 11.4. The lowest BCUT2D eigenvalue weighted by Gasteiger charge is -2.32. The van der Waals surface area contributed by atoms with Crippen molar-refractivity contribution in [3.05, 3.63) is 24.3 Å². The Labute approximate surface area is 113 Å². The van der Waals surface area contributed by atoms with Crippen LogP contribution in [0.3, 0.4) is 0 Å². The predicted octanol–water partition coefficient (Wildman–Crippen LogP) is 2.34. The van der Waals surface area contributed by atoms with Gasteiger partial charge in [-0.25, -0.2) is 4.79 Å². The van der Waals surface area contributed by atoms with Crippen molar-refractivity contribution in [2.45, 2.75) is 19.4 Å². The molecule has 1 unspecified atom stereocenters. The van der Waals surface area contributed by atoms with E-state index in [0.717, 1.165) is 17.9 Å². The number of rotatable bonds is 3. The highest BCUT2D eigenvalue weighted by molar-refractivity contribution is 5.89. The Morgan fingerprint density at radius 1 is 1.47 bits per heavy atom. The number of morpholine rings is 1. The molecule has 0 bridgehead atoms. The molecule has 1 aliphatic heterocycles. The van der Waals surface area contributed by atoms with Gasteiger partial charge in [0.25, 0.3) is 0 Å². The molecular formula is C14H20N2O3. The van der Waals surface area contributed by atoms with Crippen molar-refractivity contribution in [2.24, 2.45) is 0 Å². The minimum Gasteiger partial charge on any atom is -0.497 e. The van der Waals surface area contributed by atoms with Crippen LogP contribution < -0.4 is 10.1 Å². The van der Waals surface area contributed by atoms with Gasteiger partial charge in [-0.05, 0) is 30.7 Å². The van der Waals surface area contributed by atoms with Gasteiger partial charge in [-0.1, -0.05) is 6.92 Å². The summed E-state index contributed by atoms with van der Waals surface area (Å²) >= 11 is 0. The third-order valence-corrected chi connectivity index (χ3v) is 3.22. The number of ether oxygens (including phenoxy) is 2. The van der Waals surface area contributed by atoms with Gasteiger partial charge in [0.05, 0.1) is 19.8 Å². The van der Waals surface area contributed by atoms with Gasteiger partial charge in [0.15, 0.2) is 0 Å². The molecule has 2 amide bonds. The minimum absolute atomic E-state index is 0.0769. The Hall–Kier alpha value is -1.75. The van der Waals surface area contributed by atoms with Gasteiger partial charge in [-0.2, -0.15) is 0 Å². The number of carbonyl (C=O) groups is 1. The summed E-state index contributed by atoms with van der Waals surface area (Å²) in [5, 5.41) is 2.88. The minimum atomic E-state index is -0.0769. The first-order valence-electron chi connectivity index (χ1n) is 6.54. The lowest BCUT2D eigenvalue weighted by atomic mass is 10.2. The fourth-order valence-electron chi connectivity index (χ4n) is 2.03. The van der Waals surface area contributed by atoms with Crippen molar-refractivity contribution < 1.29 is 14.3 Å². The number of hydrogen-bond acceptors (Lipinski definition) is 3. The van der Waals surface area contributed by atoms with E-state index < -0.39 is 0 Å². The van der Waals surface area contributed by atoms with E-state index in [4.69, 9.17) is 9.47 Å². The summed E-state index contributed by atoms with van der Waals surface area (Å²) in [5.41, 5.74) is 0.769. The number of methoxy groups -OCH3 is 1. The molecular weight excluding hydrogens is 244 g/mol. The quantitative estimate of drug-likeness (QED) is 0.911. The molecule has 0 saturated carbocycles. The van der Waals surface area contributed by atoms with E-state index in [1.165, 1.54) is 0 Å². The summed E-state index contributed by atoms with van der Waals surface area (Å²) < 4.78 is 10.6. The predicted molar refractivity (Wildman–Crippen MR) is 73.6 cm³/mol. The third kappa shape index (κ3) is 3.61. The van der Waals surface area contributed by atoms with Crippen LogP contribution in [0.4, 0.5) is 10.5 Å². The summed E-state index contributed by atoms with van der Waals surface area (Å²) in [6.45, 7) is 3.96. The average molecular weight is 264 g/mol. The van der Waals surface area contributed by atoms with Crippen LogP contribution in [0.1, 0.15) is 13.3 Å². The number of nitrogens with one attached hydrogen (secondary N) is 1. The van der Waals surface area contributed by atoms with Crippen molar-refractivity contribution >= 4 is 11.7 Å². The second-order valence-corrected chi connectivity index (χ2v) is 4.51. The molecule has 104 valence electrons. The van der Waals surface area contributed by atoms with E-state index in [2.05, 4.69) is 12.2 Å². The topological polar surface area (TPSA) is 50.8 Å². The fraction of sp³-hybridized carbons (Fsp3) is 0.500. The van der Waals surface area contributed by atoms with Crippen molar-refractivity contribution in [3.8, 4) is 5.75 Å². The first kappa shape index (κ1) is 13.7. The molecule has 1 heterocycles. The molecule has 5 nitrogen and oxygen atoms in total. The van der Waals surface area contributed by atoms with E-state index in [9.17, 15) is 4.79 Å². The first-order valence-corrected chi connectivity index (χ1v) is 6.54. The second-order valence-electron chi connectivity index (χ2n) is 4.51. The van der Waals surface area contributed by atoms with E-state index in [1.807, 2.05) is 24.3 Å². The Balaban J connectivity index is 1.92. The van der Waals surface area contributed by atoms with Gasteiger partial charge in [0, 0.05) is 18.8 Å². The highest BCUT2D eigenvalue weighted by Gasteiger charge is 2.22. The summed E-state index contributed by atoms with van der Waals surface area (Å²) in [6.07, 6.45) is 1.07. The van der Waals surface area contributed by atoms with Gasteiger partial charge >= 0.3 is 6.03 Å². The molecule has 1 aromatic carbocycles. The molecule has 0 aromatic heterocycles. The molecule has 1 fully saturated rings. The lowest BCUT2D eigenvalue weighted by molar-refractivity contribution is -0.0134. The van der Waals surface area contributed by atoms with Gasteiger partial charge in [-0.15, -0.1) is 0 Å². The molecule has 2 rings (SSSR count). The van der Waals surface area contributed by atoms with Crippen LogP contribution in [0.2, 0.25) is 0 Å². The summed E-state index contributed by atoms with van der Waals surface area (Å²) in [6, 6.07) is 7.23. The monoisotopic (exact) mass is 264 g/mol. The Morgan fingerprint density at radius 2 is 2.21 bits per heavy atom. The fourth-order valence-corrected chi connectivity index (χ4v) is 2.03.